The Balaban J connectivity index is 1.53. The summed E-state index contributed by atoms with van der Waals surface area (Å²) in [6.45, 7) is 1.24. The average molecular weight is 476 g/mol. The molecule has 6 nitrogen and oxygen atoms in total. The van der Waals surface area contributed by atoms with Gasteiger partial charge < -0.3 is 10.3 Å². The lowest BCUT2D eigenvalue weighted by Crippen LogP contribution is -2.36. The van der Waals surface area contributed by atoms with Gasteiger partial charge in [0.15, 0.2) is 0 Å². The Labute approximate surface area is 178 Å². The number of piperidine rings is 1. The summed E-state index contributed by atoms with van der Waals surface area (Å²) in [7, 11) is -3.56. The van der Waals surface area contributed by atoms with Crippen molar-refractivity contribution >= 4 is 42.8 Å². The number of carbonyl (C=O) groups excluding carboxylic acids is 1. The molecular formula is C21H22BrN3O3S. The van der Waals surface area contributed by atoms with E-state index in [4.69, 9.17) is 0 Å². The number of amides is 1. The summed E-state index contributed by atoms with van der Waals surface area (Å²) < 4.78 is 28.6. The smallest absolute Gasteiger partial charge is 0.267 e. The first-order valence-corrected chi connectivity index (χ1v) is 11.8. The zero-order chi connectivity index (χ0) is 20.4. The monoisotopic (exact) mass is 475 g/mol. The number of nitrogens with zero attached hydrogens (tertiary/aromatic N) is 1. The highest BCUT2D eigenvalue weighted by Crippen LogP contribution is 2.24. The van der Waals surface area contributed by atoms with Gasteiger partial charge in [-0.2, -0.15) is 4.31 Å². The maximum absolute atomic E-state index is 13.1. The van der Waals surface area contributed by atoms with E-state index in [0.717, 1.165) is 34.6 Å². The Hall–Kier alpha value is -2.16. The molecule has 0 bridgehead atoms. The summed E-state index contributed by atoms with van der Waals surface area (Å²) in [5, 5.41) is 3.77. The van der Waals surface area contributed by atoms with Gasteiger partial charge in [0, 0.05) is 35.0 Å². The predicted molar refractivity (Wildman–Crippen MR) is 116 cm³/mol. The van der Waals surface area contributed by atoms with E-state index in [1.807, 2.05) is 18.2 Å². The first kappa shape index (κ1) is 20.1. The molecule has 1 saturated heterocycles. The zero-order valence-electron chi connectivity index (χ0n) is 15.8. The highest BCUT2D eigenvalue weighted by molar-refractivity contribution is 9.10. The Bertz CT molecular complexity index is 1150. The van der Waals surface area contributed by atoms with Crippen LogP contribution in [0.2, 0.25) is 0 Å². The normalized spacial score (nSPS) is 15.5. The van der Waals surface area contributed by atoms with Crippen LogP contribution in [-0.4, -0.2) is 36.7 Å². The van der Waals surface area contributed by atoms with Crippen molar-refractivity contribution in [2.24, 2.45) is 0 Å². The van der Waals surface area contributed by atoms with E-state index in [9.17, 15) is 13.2 Å². The predicted octanol–water partition coefficient (Wildman–Crippen LogP) is 4.04. The number of sulfonamides is 1. The Morgan fingerprint density at radius 3 is 2.62 bits per heavy atom. The van der Waals surface area contributed by atoms with Crippen molar-refractivity contribution < 1.29 is 13.2 Å². The number of halogens is 1. The van der Waals surface area contributed by atoms with E-state index >= 15 is 0 Å². The van der Waals surface area contributed by atoms with Gasteiger partial charge in [-0.3, -0.25) is 4.79 Å². The van der Waals surface area contributed by atoms with E-state index in [1.54, 1.807) is 34.6 Å². The van der Waals surface area contributed by atoms with Crippen LogP contribution in [0.3, 0.4) is 0 Å². The second-order valence-corrected chi connectivity index (χ2v) is 9.99. The van der Waals surface area contributed by atoms with Gasteiger partial charge >= 0.3 is 0 Å². The van der Waals surface area contributed by atoms with Gasteiger partial charge in [-0.15, -0.1) is 0 Å². The van der Waals surface area contributed by atoms with Crippen molar-refractivity contribution in [1.82, 2.24) is 14.6 Å². The van der Waals surface area contributed by atoms with Gasteiger partial charge in [0.1, 0.15) is 5.69 Å². The molecule has 29 heavy (non-hydrogen) atoms. The van der Waals surface area contributed by atoms with Crippen LogP contribution in [0.1, 0.15) is 35.3 Å². The molecule has 8 heteroatoms. The van der Waals surface area contributed by atoms with E-state index in [0.29, 0.717) is 24.3 Å². The molecule has 1 amide bonds. The van der Waals surface area contributed by atoms with Crippen molar-refractivity contribution in [3.63, 3.8) is 0 Å². The molecule has 1 aliphatic heterocycles. The molecule has 3 aromatic rings. The molecule has 0 saturated carbocycles. The van der Waals surface area contributed by atoms with Crippen LogP contribution in [0, 0.1) is 0 Å². The molecule has 1 aliphatic rings. The van der Waals surface area contributed by atoms with Crippen LogP contribution in [0.25, 0.3) is 10.9 Å². The number of carbonyl (C=O) groups is 1. The fourth-order valence-electron chi connectivity index (χ4n) is 3.64. The number of aromatic nitrogens is 1. The standard InChI is InChI=1S/C21H22BrN3O3S/c22-17-8-9-18-16(12-17)13-19(24-18)21(26)23-14-15-6-2-3-7-20(15)29(27,28)25-10-4-1-5-11-25/h2-3,6-9,12-13,24H,1,4-5,10-11,14H2,(H,23,26). The lowest BCUT2D eigenvalue weighted by Gasteiger charge is -2.26. The zero-order valence-corrected chi connectivity index (χ0v) is 18.2. The maximum atomic E-state index is 13.1. The Morgan fingerprint density at radius 2 is 1.83 bits per heavy atom. The lowest BCUT2D eigenvalue weighted by molar-refractivity contribution is 0.0946. The van der Waals surface area contributed by atoms with Gasteiger partial charge in [0.25, 0.3) is 5.91 Å². The molecular weight excluding hydrogens is 454 g/mol. The van der Waals surface area contributed by atoms with Crippen LogP contribution in [-0.2, 0) is 16.6 Å². The summed E-state index contributed by atoms with van der Waals surface area (Å²) in [4.78, 5) is 16.0. The van der Waals surface area contributed by atoms with Crippen LogP contribution >= 0.6 is 15.9 Å². The summed E-state index contributed by atoms with van der Waals surface area (Å²) in [5.41, 5.74) is 1.89. The molecule has 0 unspecified atom stereocenters. The largest absolute Gasteiger partial charge is 0.351 e. The molecule has 4 rings (SSSR count). The summed E-state index contributed by atoms with van der Waals surface area (Å²) in [6, 6.07) is 14.4. The first-order valence-electron chi connectivity index (χ1n) is 9.60. The third-order valence-electron chi connectivity index (χ3n) is 5.17. The third kappa shape index (κ3) is 4.24. The number of benzene rings is 2. The summed E-state index contributed by atoms with van der Waals surface area (Å²) in [5.74, 6) is -0.275. The van der Waals surface area contributed by atoms with Crippen molar-refractivity contribution in [3.05, 3.63) is 64.3 Å². The number of hydrogen-bond donors (Lipinski definition) is 2. The minimum Gasteiger partial charge on any atom is -0.351 e. The van der Waals surface area contributed by atoms with E-state index in [2.05, 4.69) is 26.2 Å². The quantitative estimate of drug-likeness (QED) is 0.584. The third-order valence-corrected chi connectivity index (χ3v) is 7.66. The van der Waals surface area contributed by atoms with Crippen molar-refractivity contribution in [2.45, 2.75) is 30.7 Å². The number of rotatable bonds is 5. The second kappa shape index (κ2) is 8.30. The van der Waals surface area contributed by atoms with E-state index in [-0.39, 0.29) is 17.3 Å². The summed E-state index contributed by atoms with van der Waals surface area (Å²) in [6.07, 6.45) is 2.83. The molecule has 0 atom stereocenters. The first-order chi connectivity index (χ1) is 13.9. The molecule has 152 valence electrons. The van der Waals surface area contributed by atoms with Crippen LogP contribution < -0.4 is 5.32 Å². The number of hydrogen-bond acceptors (Lipinski definition) is 3. The molecule has 1 fully saturated rings. The molecule has 0 aliphatic carbocycles. The summed E-state index contributed by atoms with van der Waals surface area (Å²) >= 11 is 3.42. The van der Waals surface area contributed by atoms with Gasteiger partial charge in [0.05, 0.1) is 4.90 Å². The number of fused-ring (bicyclic) bond motifs is 1. The van der Waals surface area contributed by atoms with E-state index in [1.165, 1.54) is 0 Å². The average Bonchev–Trinajstić information content (AvgIpc) is 3.16. The van der Waals surface area contributed by atoms with Gasteiger partial charge in [0.2, 0.25) is 10.0 Å². The fraction of sp³-hybridized carbons (Fsp3) is 0.286. The van der Waals surface area contributed by atoms with Crippen LogP contribution in [0.4, 0.5) is 0 Å². The minimum atomic E-state index is -3.56. The molecule has 2 heterocycles. The number of H-pyrrole nitrogens is 1. The Morgan fingerprint density at radius 1 is 1.07 bits per heavy atom. The molecule has 2 aromatic carbocycles. The highest BCUT2D eigenvalue weighted by Gasteiger charge is 2.28. The van der Waals surface area contributed by atoms with E-state index < -0.39 is 10.0 Å². The molecule has 0 spiro atoms. The van der Waals surface area contributed by atoms with Crippen LogP contribution in [0.5, 0.6) is 0 Å². The number of aromatic amines is 1. The Kier molecular flexibility index (Phi) is 5.76. The molecule has 1 aromatic heterocycles. The second-order valence-electron chi connectivity index (χ2n) is 7.17. The maximum Gasteiger partial charge on any atom is 0.267 e. The highest BCUT2D eigenvalue weighted by atomic mass is 79.9. The fourth-order valence-corrected chi connectivity index (χ4v) is 5.76. The van der Waals surface area contributed by atoms with Crippen molar-refractivity contribution in [2.75, 3.05) is 13.1 Å². The van der Waals surface area contributed by atoms with Crippen molar-refractivity contribution in [1.29, 1.82) is 0 Å². The minimum absolute atomic E-state index is 0.140. The SMILES string of the molecule is O=C(NCc1ccccc1S(=O)(=O)N1CCCCC1)c1cc2cc(Br)ccc2[nH]1. The van der Waals surface area contributed by atoms with Crippen molar-refractivity contribution in [3.8, 4) is 0 Å². The lowest BCUT2D eigenvalue weighted by atomic mass is 10.2. The molecule has 2 N–H and O–H groups in total. The topological polar surface area (TPSA) is 82.3 Å². The van der Waals surface area contributed by atoms with Gasteiger partial charge in [-0.1, -0.05) is 40.5 Å². The van der Waals surface area contributed by atoms with Gasteiger partial charge in [-0.05, 0) is 48.7 Å². The van der Waals surface area contributed by atoms with Gasteiger partial charge in [-0.25, -0.2) is 8.42 Å². The molecule has 0 radical (unpaired) electrons. The number of nitrogens with one attached hydrogen (secondary N) is 2. The van der Waals surface area contributed by atoms with Crippen LogP contribution in [0.15, 0.2) is 57.9 Å².